The minimum Gasteiger partial charge on any atom is -0.343 e. The summed E-state index contributed by atoms with van der Waals surface area (Å²) in [5.74, 6) is 0.874. The van der Waals surface area contributed by atoms with E-state index in [4.69, 9.17) is 0 Å². The van der Waals surface area contributed by atoms with Crippen LogP contribution in [0.5, 0.6) is 0 Å². The van der Waals surface area contributed by atoms with Crippen molar-refractivity contribution >= 4 is 21.8 Å². The Bertz CT molecular complexity index is 159. The van der Waals surface area contributed by atoms with Gasteiger partial charge in [-0.3, -0.25) is 4.79 Å². The highest BCUT2D eigenvalue weighted by Gasteiger charge is 2.15. The molecule has 0 fully saturated rings. The van der Waals surface area contributed by atoms with Gasteiger partial charge in [0, 0.05) is 24.8 Å². The van der Waals surface area contributed by atoms with E-state index in [9.17, 15) is 4.79 Å². The standard InChI is InChI=1S/C10H20BrNO/c1-8(2)7-9(3)12(4)10(13)5-6-11/h8-9H,5-7H2,1-4H3. The van der Waals surface area contributed by atoms with Crippen LogP contribution < -0.4 is 0 Å². The normalized spacial score (nSPS) is 13.1. The first-order valence-corrected chi connectivity index (χ1v) is 5.92. The Morgan fingerprint density at radius 1 is 1.38 bits per heavy atom. The molecule has 0 saturated heterocycles. The highest BCUT2D eigenvalue weighted by molar-refractivity contribution is 9.09. The van der Waals surface area contributed by atoms with Crippen molar-refractivity contribution in [2.24, 2.45) is 5.92 Å². The molecule has 0 aliphatic heterocycles. The molecular weight excluding hydrogens is 230 g/mol. The van der Waals surface area contributed by atoms with Crippen LogP contribution in [0.15, 0.2) is 0 Å². The topological polar surface area (TPSA) is 20.3 Å². The van der Waals surface area contributed by atoms with Crippen molar-refractivity contribution in [1.82, 2.24) is 4.90 Å². The maximum Gasteiger partial charge on any atom is 0.223 e. The molecule has 2 nitrogen and oxygen atoms in total. The zero-order valence-corrected chi connectivity index (χ0v) is 10.6. The molecule has 0 aromatic heterocycles. The number of alkyl halides is 1. The molecule has 0 spiro atoms. The van der Waals surface area contributed by atoms with Crippen LogP contribution in [-0.4, -0.2) is 29.2 Å². The number of rotatable bonds is 5. The summed E-state index contributed by atoms with van der Waals surface area (Å²) in [6.45, 7) is 6.46. The average molecular weight is 250 g/mol. The summed E-state index contributed by atoms with van der Waals surface area (Å²) >= 11 is 3.27. The molecule has 0 aromatic carbocycles. The predicted octanol–water partition coefficient (Wildman–Crippen LogP) is 2.66. The van der Waals surface area contributed by atoms with Gasteiger partial charge in [-0.1, -0.05) is 29.8 Å². The third kappa shape index (κ3) is 5.29. The van der Waals surface area contributed by atoms with Gasteiger partial charge in [0.15, 0.2) is 0 Å². The minimum atomic E-state index is 0.227. The summed E-state index contributed by atoms with van der Waals surface area (Å²) in [7, 11) is 1.89. The van der Waals surface area contributed by atoms with Gasteiger partial charge < -0.3 is 4.90 Å². The molecule has 0 N–H and O–H groups in total. The highest BCUT2D eigenvalue weighted by Crippen LogP contribution is 2.10. The molecule has 1 atom stereocenters. The fourth-order valence-electron chi connectivity index (χ4n) is 1.34. The van der Waals surface area contributed by atoms with Gasteiger partial charge in [0.25, 0.3) is 0 Å². The van der Waals surface area contributed by atoms with Gasteiger partial charge in [0.2, 0.25) is 5.91 Å². The Balaban J connectivity index is 3.93. The van der Waals surface area contributed by atoms with E-state index in [-0.39, 0.29) is 5.91 Å². The van der Waals surface area contributed by atoms with Gasteiger partial charge in [0.1, 0.15) is 0 Å². The van der Waals surface area contributed by atoms with E-state index in [1.807, 2.05) is 11.9 Å². The molecule has 3 heteroatoms. The lowest BCUT2D eigenvalue weighted by molar-refractivity contribution is -0.131. The fourth-order valence-corrected chi connectivity index (χ4v) is 1.68. The number of hydrogen-bond acceptors (Lipinski definition) is 1. The SMILES string of the molecule is CC(C)CC(C)N(C)C(=O)CCBr. The van der Waals surface area contributed by atoms with Crippen molar-refractivity contribution in [2.75, 3.05) is 12.4 Å². The molecule has 1 amide bonds. The Kier molecular flexibility index (Phi) is 6.39. The van der Waals surface area contributed by atoms with Crippen LogP contribution in [0.3, 0.4) is 0 Å². The summed E-state index contributed by atoms with van der Waals surface area (Å²) in [5, 5.41) is 0.755. The van der Waals surface area contributed by atoms with Crippen LogP contribution >= 0.6 is 15.9 Å². The Hall–Kier alpha value is -0.0500. The van der Waals surface area contributed by atoms with E-state index in [0.717, 1.165) is 11.8 Å². The van der Waals surface area contributed by atoms with Crippen LogP contribution in [0.2, 0.25) is 0 Å². The molecule has 0 aliphatic carbocycles. The summed E-state index contributed by atoms with van der Waals surface area (Å²) in [5.41, 5.74) is 0. The minimum absolute atomic E-state index is 0.227. The maximum absolute atomic E-state index is 11.5. The zero-order chi connectivity index (χ0) is 10.4. The number of nitrogens with zero attached hydrogens (tertiary/aromatic N) is 1. The molecular formula is C10H20BrNO. The second kappa shape index (κ2) is 6.41. The van der Waals surface area contributed by atoms with Gasteiger partial charge in [-0.25, -0.2) is 0 Å². The second-order valence-electron chi connectivity index (χ2n) is 3.92. The van der Waals surface area contributed by atoms with Crippen LogP contribution in [0.1, 0.15) is 33.6 Å². The number of amides is 1. The first kappa shape index (κ1) is 12.9. The van der Waals surface area contributed by atoms with Crippen molar-refractivity contribution in [1.29, 1.82) is 0 Å². The van der Waals surface area contributed by atoms with E-state index >= 15 is 0 Å². The first-order valence-electron chi connectivity index (χ1n) is 4.80. The van der Waals surface area contributed by atoms with E-state index in [2.05, 4.69) is 36.7 Å². The van der Waals surface area contributed by atoms with Crippen molar-refractivity contribution in [3.05, 3.63) is 0 Å². The zero-order valence-electron chi connectivity index (χ0n) is 9.01. The van der Waals surface area contributed by atoms with E-state index in [1.165, 1.54) is 0 Å². The van der Waals surface area contributed by atoms with E-state index < -0.39 is 0 Å². The predicted molar refractivity (Wildman–Crippen MR) is 60.1 cm³/mol. The molecule has 0 saturated carbocycles. The molecule has 1 unspecified atom stereocenters. The number of carbonyl (C=O) groups excluding carboxylic acids is 1. The highest BCUT2D eigenvalue weighted by atomic mass is 79.9. The third-order valence-electron chi connectivity index (χ3n) is 2.18. The van der Waals surface area contributed by atoms with E-state index in [0.29, 0.717) is 18.4 Å². The van der Waals surface area contributed by atoms with E-state index in [1.54, 1.807) is 0 Å². The van der Waals surface area contributed by atoms with Gasteiger partial charge in [-0.05, 0) is 19.3 Å². The molecule has 0 bridgehead atoms. The van der Waals surface area contributed by atoms with Crippen molar-refractivity contribution in [3.63, 3.8) is 0 Å². The fraction of sp³-hybridized carbons (Fsp3) is 0.900. The van der Waals surface area contributed by atoms with Gasteiger partial charge >= 0.3 is 0 Å². The smallest absolute Gasteiger partial charge is 0.223 e. The van der Waals surface area contributed by atoms with Crippen LogP contribution in [-0.2, 0) is 4.79 Å². The maximum atomic E-state index is 11.5. The van der Waals surface area contributed by atoms with Crippen LogP contribution in [0, 0.1) is 5.92 Å². The Morgan fingerprint density at radius 3 is 2.31 bits per heavy atom. The molecule has 0 radical (unpaired) electrons. The summed E-state index contributed by atoms with van der Waals surface area (Å²) in [4.78, 5) is 13.3. The number of halogens is 1. The third-order valence-corrected chi connectivity index (χ3v) is 2.57. The van der Waals surface area contributed by atoms with Crippen LogP contribution in [0.4, 0.5) is 0 Å². The first-order chi connectivity index (χ1) is 5.99. The quantitative estimate of drug-likeness (QED) is 0.687. The Labute approximate surface area is 89.8 Å². The van der Waals surface area contributed by atoms with Gasteiger partial charge in [-0.15, -0.1) is 0 Å². The van der Waals surface area contributed by atoms with Crippen molar-refractivity contribution in [2.45, 2.75) is 39.7 Å². The molecule has 78 valence electrons. The lowest BCUT2D eigenvalue weighted by Crippen LogP contribution is -2.35. The van der Waals surface area contributed by atoms with Crippen LogP contribution in [0.25, 0.3) is 0 Å². The lowest BCUT2D eigenvalue weighted by atomic mass is 10.0. The monoisotopic (exact) mass is 249 g/mol. The number of hydrogen-bond donors (Lipinski definition) is 0. The van der Waals surface area contributed by atoms with Crippen molar-refractivity contribution < 1.29 is 4.79 Å². The lowest BCUT2D eigenvalue weighted by Gasteiger charge is -2.26. The van der Waals surface area contributed by atoms with Crippen molar-refractivity contribution in [3.8, 4) is 0 Å². The Morgan fingerprint density at radius 2 is 1.92 bits per heavy atom. The summed E-state index contributed by atoms with van der Waals surface area (Å²) < 4.78 is 0. The van der Waals surface area contributed by atoms with Gasteiger partial charge in [0.05, 0.1) is 0 Å². The molecule has 13 heavy (non-hydrogen) atoms. The molecule has 0 heterocycles. The average Bonchev–Trinajstić information content (AvgIpc) is 2.02. The molecule has 0 rings (SSSR count). The number of carbonyl (C=O) groups is 1. The molecule has 0 aliphatic rings. The summed E-state index contributed by atoms with van der Waals surface area (Å²) in [6, 6.07) is 0.353. The second-order valence-corrected chi connectivity index (χ2v) is 4.72. The molecule has 0 aromatic rings. The van der Waals surface area contributed by atoms with Gasteiger partial charge in [-0.2, -0.15) is 0 Å². The summed E-state index contributed by atoms with van der Waals surface area (Å²) in [6.07, 6.45) is 1.67. The largest absolute Gasteiger partial charge is 0.343 e.